The van der Waals surface area contributed by atoms with Crippen molar-refractivity contribution in [1.29, 1.82) is 0 Å². The van der Waals surface area contributed by atoms with Gasteiger partial charge in [0.25, 0.3) is 0 Å². The molecule has 12 heavy (non-hydrogen) atoms. The van der Waals surface area contributed by atoms with E-state index in [1.165, 1.54) is 64.2 Å². The third-order valence-electron chi connectivity index (χ3n) is 3.21. The van der Waals surface area contributed by atoms with Crippen molar-refractivity contribution in [3.8, 4) is 0 Å². The first-order valence-corrected chi connectivity index (χ1v) is 5.66. The van der Waals surface area contributed by atoms with E-state index >= 15 is 0 Å². The molecule has 2 fully saturated rings. The first-order valence-electron chi connectivity index (χ1n) is 5.66. The van der Waals surface area contributed by atoms with Gasteiger partial charge in [0.1, 0.15) is 0 Å². The zero-order valence-corrected chi connectivity index (χ0v) is 8.07. The van der Waals surface area contributed by atoms with Crippen LogP contribution in [0.25, 0.3) is 0 Å². The Balaban J connectivity index is 1.89. The topological polar surface area (TPSA) is 0 Å². The Labute approximate surface area is 76.1 Å². The van der Waals surface area contributed by atoms with Crippen molar-refractivity contribution >= 4 is 0 Å². The monoisotopic (exact) mass is 164 g/mol. The molecule has 0 unspecified atom stereocenters. The third kappa shape index (κ3) is 2.36. The molecule has 0 aromatic rings. The van der Waals surface area contributed by atoms with Crippen LogP contribution in [0.1, 0.15) is 64.2 Å². The van der Waals surface area contributed by atoms with Gasteiger partial charge in [-0.05, 0) is 38.5 Å². The van der Waals surface area contributed by atoms with E-state index in [1.807, 2.05) is 11.1 Å². The van der Waals surface area contributed by atoms with Gasteiger partial charge in [-0.25, -0.2) is 0 Å². The van der Waals surface area contributed by atoms with Gasteiger partial charge in [-0.1, -0.05) is 36.8 Å². The average Bonchev–Trinajstić information content (AvgIpc) is 2.87. The van der Waals surface area contributed by atoms with Crippen LogP contribution in [-0.4, -0.2) is 0 Å². The maximum Gasteiger partial charge on any atom is -0.0280 e. The predicted molar refractivity (Wildman–Crippen MR) is 53.2 cm³/mol. The minimum atomic E-state index is 1.44. The zero-order valence-electron chi connectivity index (χ0n) is 8.07. The van der Waals surface area contributed by atoms with Gasteiger partial charge in [-0.15, -0.1) is 0 Å². The third-order valence-corrected chi connectivity index (χ3v) is 3.21. The number of hydrogen-bond donors (Lipinski definition) is 0. The lowest BCUT2D eigenvalue weighted by Gasteiger charge is -2.03. The van der Waals surface area contributed by atoms with Crippen molar-refractivity contribution in [2.75, 3.05) is 0 Å². The fraction of sp³-hybridized carbons (Fsp3) is 0.833. The van der Waals surface area contributed by atoms with Gasteiger partial charge in [0.05, 0.1) is 0 Å². The van der Waals surface area contributed by atoms with Crippen LogP contribution in [0.4, 0.5) is 0 Å². The van der Waals surface area contributed by atoms with E-state index in [4.69, 9.17) is 0 Å². The normalized spacial score (nSPS) is 26.0. The highest BCUT2D eigenvalue weighted by Crippen LogP contribution is 2.36. The first kappa shape index (κ1) is 8.34. The molecule has 2 saturated carbocycles. The summed E-state index contributed by atoms with van der Waals surface area (Å²) in [6.45, 7) is 0. The van der Waals surface area contributed by atoms with E-state index in [0.717, 1.165) is 0 Å². The van der Waals surface area contributed by atoms with Gasteiger partial charge in [-0.3, -0.25) is 0 Å². The van der Waals surface area contributed by atoms with Gasteiger partial charge in [0, 0.05) is 0 Å². The number of hydrogen-bond acceptors (Lipinski definition) is 0. The van der Waals surface area contributed by atoms with E-state index in [-0.39, 0.29) is 0 Å². The van der Waals surface area contributed by atoms with E-state index in [2.05, 4.69) is 0 Å². The van der Waals surface area contributed by atoms with Crippen LogP contribution < -0.4 is 0 Å². The molecule has 0 N–H and O–H groups in total. The van der Waals surface area contributed by atoms with Crippen molar-refractivity contribution in [3.63, 3.8) is 0 Å². The molecule has 0 aliphatic heterocycles. The summed E-state index contributed by atoms with van der Waals surface area (Å²) in [5.74, 6) is 0. The second kappa shape index (κ2) is 4.11. The van der Waals surface area contributed by atoms with Crippen molar-refractivity contribution in [1.82, 2.24) is 0 Å². The standard InChI is InChI=1S/C12H20/c1-2-4-6-8-11(7-5-3-1)12-9-10-12/h1-10H2. The van der Waals surface area contributed by atoms with Gasteiger partial charge in [-0.2, -0.15) is 0 Å². The molecule has 0 atom stereocenters. The highest BCUT2D eigenvalue weighted by molar-refractivity contribution is 5.25. The van der Waals surface area contributed by atoms with Crippen LogP contribution in [0.5, 0.6) is 0 Å². The Bertz CT molecular complexity index is 158. The maximum absolute atomic E-state index is 1.86. The Hall–Kier alpha value is -0.260. The van der Waals surface area contributed by atoms with E-state index < -0.39 is 0 Å². The molecule has 0 bridgehead atoms. The highest BCUT2D eigenvalue weighted by atomic mass is 14.2. The Morgan fingerprint density at radius 1 is 0.417 bits per heavy atom. The van der Waals surface area contributed by atoms with Crippen LogP contribution in [0.3, 0.4) is 0 Å². The maximum atomic E-state index is 1.86. The molecule has 0 aromatic heterocycles. The summed E-state index contributed by atoms with van der Waals surface area (Å²) in [6.07, 6.45) is 14.6. The summed E-state index contributed by atoms with van der Waals surface area (Å²) >= 11 is 0. The molecule has 2 rings (SSSR count). The second-order valence-corrected chi connectivity index (χ2v) is 4.33. The SMILES string of the molecule is C1CCCCC(=C2CC2)CCC1. The minimum absolute atomic E-state index is 1.44. The van der Waals surface area contributed by atoms with Gasteiger partial charge in [0.2, 0.25) is 0 Å². The van der Waals surface area contributed by atoms with E-state index in [9.17, 15) is 0 Å². The van der Waals surface area contributed by atoms with Crippen molar-refractivity contribution in [2.45, 2.75) is 64.2 Å². The number of allylic oxidation sites excluding steroid dienone is 2. The summed E-state index contributed by atoms with van der Waals surface area (Å²) in [6, 6.07) is 0. The molecular weight excluding hydrogens is 144 g/mol. The molecule has 0 aromatic carbocycles. The van der Waals surface area contributed by atoms with Crippen molar-refractivity contribution < 1.29 is 0 Å². The molecule has 0 spiro atoms. The molecule has 2 aliphatic rings. The Kier molecular flexibility index (Phi) is 2.86. The van der Waals surface area contributed by atoms with Crippen LogP contribution >= 0.6 is 0 Å². The minimum Gasteiger partial charge on any atom is -0.0710 e. The lowest BCUT2D eigenvalue weighted by molar-refractivity contribution is 0.624. The molecule has 0 saturated heterocycles. The molecular formula is C12H20. The smallest absolute Gasteiger partial charge is 0.0280 e. The summed E-state index contributed by atoms with van der Waals surface area (Å²) in [7, 11) is 0. The Morgan fingerprint density at radius 3 is 1.33 bits per heavy atom. The molecule has 0 heteroatoms. The Morgan fingerprint density at radius 2 is 0.833 bits per heavy atom. The quantitative estimate of drug-likeness (QED) is 0.470. The predicted octanol–water partition coefficient (Wildman–Crippen LogP) is 4.21. The largest absolute Gasteiger partial charge is 0.0710 e. The fourth-order valence-electron chi connectivity index (χ4n) is 2.28. The van der Waals surface area contributed by atoms with Crippen molar-refractivity contribution in [3.05, 3.63) is 11.1 Å². The molecule has 2 aliphatic carbocycles. The molecule has 68 valence electrons. The van der Waals surface area contributed by atoms with Gasteiger partial charge < -0.3 is 0 Å². The molecule has 0 amide bonds. The second-order valence-electron chi connectivity index (χ2n) is 4.33. The molecule has 0 nitrogen and oxygen atoms in total. The lowest BCUT2D eigenvalue weighted by atomic mass is 10.0. The summed E-state index contributed by atoms with van der Waals surface area (Å²) in [5.41, 5.74) is 3.69. The molecule has 0 heterocycles. The van der Waals surface area contributed by atoms with Crippen molar-refractivity contribution in [2.24, 2.45) is 0 Å². The number of rotatable bonds is 0. The van der Waals surface area contributed by atoms with Crippen LogP contribution in [0, 0.1) is 0 Å². The summed E-state index contributed by atoms with van der Waals surface area (Å²) in [4.78, 5) is 0. The summed E-state index contributed by atoms with van der Waals surface area (Å²) < 4.78 is 0. The summed E-state index contributed by atoms with van der Waals surface area (Å²) in [5, 5.41) is 0. The van der Waals surface area contributed by atoms with Crippen LogP contribution in [0.15, 0.2) is 11.1 Å². The zero-order chi connectivity index (χ0) is 8.23. The highest BCUT2D eigenvalue weighted by Gasteiger charge is 2.17. The van der Waals surface area contributed by atoms with Gasteiger partial charge in [0.15, 0.2) is 0 Å². The van der Waals surface area contributed by atoms with E-state index in [1.54, 1.807) is 0 Å². The van der Waals surface area contributed by atoms with E-state index in [0.29, 0.717) is 0 Å². The first-order chi connectivity index (χ1) is 5.97. The van der Waals surface area contributed by atoms with Crippen LogP contribution in [-0.2, 0) is 0 Å². The lowest BCUT2D eigenvalue weighted by Crippen LogP contribution is -1.83. The van der Waals surface area contributed by atoms with Gasteiger partial charge >= 0.3 is 0 Å². The fourth-order valence-corrected chi connectivity index (χ4v) is 2.28. The molecule has 0 radical (unpaired) electrons. The average molecular weight is 164 g/mol. The van der Waals surface area contributed by atoms with Crippen LogP contribution in [0.2, 0.25) is 0 Å².